The molecule has 298 valence electrons. The Morgan fingerprint density at radius 2 is 0.667 bits per heavy atom. The maximum atomic E-state index is 12.2. The van der Waals surface area contributed by atoms with Crippen molar-refractivity contribution in [3.63, 3.8) is 0 Å². The number of carbonyl (C=O) groups excluding carboxylic acids is 8. The van der Waals surface area contributed by atoms with Gasteiger partial charge in [-0.2, -0.15) is 0 Å². The van der Waals surface area contributed by atoms with Gasteiger partial charge in [0.1, 0.15) is 36.9 Å². The van der Waals surface area contributed by atoms with Crippen molar-refractivity contribution in [2.75, 3.05) is 13.2 Å². The van der Waals surface area contributed by atoms with E-state index in [0.29, 0.717) is 0 Å². The van der Waals surface area contributed by atoms with E-state index >= 15 is 0 Å². The van der Waals surface area contributed by atoms with E-state index in [4.69, 9.17) is 56.8 Å². The van der Waals surface area contributed by atoms with Gasteiger partial charge in [0, 0.05) is 55.4 Å². The molecular formula is C34H42O20. The summed E-state index contributed by atoms with van der Waals surface area (Å²) in [7, 11) is 0. The van der Waals surface area contributed by atoms with Crippen molar-refractivity contribution in [1.82, 2.24) is 0 Å². The van der Waals surface area contributed by atoms with Gasteiger partial charge in [-0.1, -0.05) is 0 Å². The van der Waals surface area contributed by atoms with Crippen LogP contribution in [0.3, 0.4) is 0 Å². The topological polar surface area (TPSA) is 247 Å². The number of rotatable bonds is 14. The number of hydrogen-bond donors (Lipinski definition) is 0. The number of carbonyl (C=O) groups is 8. The highest BCUT2D eigenvalue weighted by Crippen LogP contribution is 2.34. The first-order chi connectivity index (χ1) is 25.3. The number of ether oxygens (including phenoxy) is 12. The molecule has 20 nitrogen and oxygen atoms in total. The molecular weight excluding hydrogens is 728 g/mol. The van der Waals surface area contributed by atoms with Crippen LogP contribution in [-0.4, -0.2) is 122 Å². The Morgan fingerprint density at radius 1 is 0.407 bits per heavy atom. The second-order valence-electron chi connectivity index (χ2n) is 11.8. The first-order valence-electron chi connectivity index (χ1n) is 16.4. The lowest BCUT2D eigenvalue weighted by molar-refractivity contribution is -0.289. The standard InChI is InChI=1S/C34H42O20/c1-15(35)43-13-25-27(45-17(3)37)29(47-19(5)39)31(49-21(7)41)33(53-25)51-23-9-11-24(12-10-23)52-34-32(50-22(8)42)30(48-20(6)40)28(46-18(4)38)26(54-34)14-44-16(2)36/h9-12,25-34H,13-14H2,1-8H3/t25-,26-,27-,28-,29+,30+,31-,32-,33-,34-/m1/s1. The maximum Gasteiger partial charge on any atom is 0.303 e. The summed E-state index contributed by atoms with van der Waals surface area (Å²) in [6.07, 6.45) is -14.3. The molecule has 0 bridgehead atoms. The van der Waals surface area contributed by atoms with Crippen molar-refractivity contribution in [2.45, 2.75) is 117 Å². The molecule has 0 unspecified atom stereocenters. The zero-order chi connectivity index (χ0) is 40.3. The van der Waals surface area contributed by atoms with E-state index in [1.165, 1.54) is 24.3 Å². The van der Waals surface area contributed by atoms with Crippen LogP contribution in [0, 0.1) is 0 Å². The number of hydrogen-bond acceptors (Lipinski definition) is 20. The average Bonchev–Trinajstić information content (AvgIpc) is 3.04. The van der Waals surface area contributed by atoms with Crippen LogP contribution in [0.15, 0.2) is 24.3 Å². The van der Waals surface area contributed by atoms with Crippen molar-refractivity contribution in [3.8, 4) is 11.5 Å². The van der Waals surface area contributed by atoms with Crippen LogP contribution in [0.5, 0.6) is 11.5 Å². The fourth-order valence-electron chi connectivity index (χ4n) is 5.43. The molecule has 0 aromatic heterocycles. The summed E-state index contributed by atoms with van der Waals surface area (Å²) in [6, 6.07) is 5.48. The largest absolute Gasteiger partial charge is 0.463 e. The second-order valence-corrected chi connectivity index (χ2v) is 11.8. The van der Waals surface area contributed by atoms with E-state index in [9.17, 15) is 38.4 Å². The van der Waals surface area contributed by atoms with Gasteiger partial charge in [-0.05, 0) is 24.3 Å². The van der Waals surface area contributed by atoms with Crippen LogP contribution < -0.4 is 9.47 Å². The van der Waals surface area contributed by atoms with Gasteiger partial charge in [-0.15, -0.1) is 0 Å². The van der Waals surface area contributed by atoms with Crippen molar-refractivity contribution in [2.24, 2.45) is 0 Å². The van der Waals surface area contributed by atoms with Gasteiger partial charge in [0.2, 0.25) is 24.8 Å². The normalized spacial score (nSPS) is 27.5. The number of benzene rings is 1. The molecule has 2 heterocycles. The van der Waals surface area contributed by atoms with Crippen molar-refractivity contribution in [1.29, 1.82) is 0 Å². The van der Waals surface area contributed by atoms with Crippen molar-refractivity contribution in [3.05, 3.63) is 24.3 Å². The van der Waals surface area contributed by atoms with E-state index in [0.717, 1.165) is 55.4 Å². The summed E-state index contributed by atoms with van der Waals surface area (Å²) in [5.41, 5.74) is 0. The lowest BCUT2D eigenvalue weighted by Gasteiger charge is -2.44. The summed E-state index contributed by atoms with van der Waals surface area (Å²) in [5.74, 6) is -6.20. The molecule has 10 atom stereocenters. The minimum absolute atomic E-state index is 0.0600. The summed E-state index contributed by atoms with van der Waals surface area (Å²) >= 11 is 0. The molecule has 0 N–H and O–H groups in total. The van der Waals surface area contributed by atoms with Crippen LogP contribution >= 0.6 is 0 Å². The predicted molar refractivity (Wildman–Crippen MR) is 172 cm³/mol. The molecule has 20 heteroatoms. The Bertz CT molecular complexity index is 1430. The molecule has 2 saturated heterocycles. The highest BCUT2D eigenvalue weighted by Gasteiger charge is 2.55. The SMILES string of the molecule is CC(=O)OC[C@H]1O[C@@H](Oc2ccc(O[C@@H]3O[C@H](COC(C)=O)[C@@H](OC(C)=O)[C@H](OC(C)=O)[C@H]3OC(C)=O)cc2)[C@H](OC(C)=O)[C@@H](OC(C)=O)[C@@H]1OC(C)=O. The molecule has 0 amide bonds. The Kier molecular flexibility index (Phi) is 15.5. The van der Waals surface area contributed by atoms with Gasteiger partial charge in [0.25, 0.3) is 0 Å². The van der Waals surface area contributed by atoms with Crippen LogP contribution in [0.4, 0.5) is 0 Å². The molecule has 3 rings (SSSR count). The summed E-state index contributed by atoms with van der Waals surface area (Å²) in [5, 5.41) is 0. The van der Waals surface area contributed by atoms with Gasteiger partial charge in [0.15, 0.2) is 24.4 Å². The van der Waals surface area contributed by atoms with E-state index in [1.807, 2.05) is 0 Å². The minimum atomic E-state index is -1.53. The summed E-state index contributed by atoms with van der Waals surface area (Å²) in [4.78, 5) is 95.8. The maximum absolute atomic E-state index is 12.2. The van der Waals surface area contributed by atoms with Gasteiger partial charge in [0.05, 0.1) is 0 Å². The first-order valence-corrected chi connectivity index (χ1v) is 16.4. The molecule has 2 aliphatic rings. The third-order valence-electron chi connectivity index (χ3n) is 7.22. The van der Waals surface area contributed by atoms with Crippen LogP contribution in [-0.2, 0) is 85.7 Å². The van der Waals surface area contributed by atoms with Gasteiger partial charge < -0.3 is 56.8 Å². The van der Waals surface area contributed by atoms with Gasteiger partial charge in [-0.3, -0.25) is 38.4 Å². The Balaban J connectivity index is 1.95. The minimum Gasteiger partial charge on any atom is -0.463 e. The summed E-state index contributed by atoms with van der Waals surface area (Å²) in [6.45, 7) is 7.80. The zero-order valence-electron chi connectivity index (χ0n) is 30.7. The van der Waals surface area contributed by atoms with Crippen LogP contribution in [0.2, 0.25) is 0 Å². The van der Waals surface area contributed by atoms with Crippen molar-refractivity contribution < 1.29 is 95.2 Å². The lowest BCUT2D eigenvalue weighted by Crippen LogP contribution is -2.63. The Hall–Kier alpha value is -5.50. The third-order valence-corrected chi connectivity index (χ3v) is 7.22. The van der Waals surface area contributed by atoms with E-state index in [1.54, 1.807) is 0 Å². The van der Waals surface area contributed by atoms with E-state index in [-0.39, 0.29) is 11.5 Å². The molecule has 2 aliphatic heterocycles. The van der Waals surface area contributed by atoms with E-state index in [2.05, 4.69) is 0 Å². The quantitative estimate of drug-likeness (QED) is 0.186. The van der Waals surface area contributed by atoms with Crippen LogP contribution in [0.25, 0.3) is 0 Å². The first kappa shape index (κ1) is 42.9. The zero-order valence-corrected chi connectivity index (χ0v) is 30.7. The fourth-order valence-corrected chi connectivity index (χ4v) is 5.43. The van der Waals surface area contributed by atoms with Gasteiger partial charge in [-0.25, -0.2) is 0 Å². The molecule has 0 radical (unpaired) electrons. The lowest BCUT2D eigenvalue weighted by atomic mass is 9.98. The smallest absolute Gasteiger partial charge is 0.303 e. The number of esters is 8. The highest BCUT2D eigenvalue weighted by atomic mass is 16.7. The summed E-state index contributed by atoms with van der Waals surface area (Å²) < 4.78 is 66.4. The fraction of sp³-hybridized carbons (Fsp3) is 0.588. The second kappa shape index (κ2) is 19.5. The van der Waals surface area contributed by atoms with E-state index < -0.39 is 122 Å². The molecule has 0 spiro atoms. The molecule has 1 aromatic rings. The molecule has 54 heavy (non-hydrogen) atoms. The predicted octanol–water partition coefficient (Wildman–Crippen LogP) is 0.610. The molecule has 0 aliphatic carbocycles. The Labute approximate surface area is 308 Å². The third kappa shape index (κ3) is 12.9. The molecule has 0 saturated carbocycles. The monoisotopic (exact) mass is 770 g/mol. The van der Waals surface area contributed by atoms with Crippen molar-refractivity contribution >= 4 is 47.8 Å². The molecule has 2 fully saturated rings. The molecule has 1 aromatic carbocycles. The average molecular weight is 771 g/mol. The Morgan fingerprint density at radius 3 is 0.926 bits per heavy atom. The van der Waals surface area contributed by atoms with Crippen LogP contribution in [0.1, 0.15) is 55.4 Å². The van der Waals surface area contributed by atoms with Gasteiger partial charge >= 0.3 is 47.8 Å². The highest BCUT2D eigenvalue weighted by molar-refractivity contribution is 5.70.